The number of carbonyl (C=O) groups is 1. The molecular weight excluding hydrogens is 268 g/mol. The molecule has 1 unspecified atom stereocenters. The van der Waals surface area contributed by atoms with Crippen molar-refractivity contribution in [1.29, 1.82) is 0 Å². The van der Waals surface area contributed by atoms with E-state index < -0.39 is 0 Å². The van der Waals surface area contributed by atoms with E-state index in [1.165, 1.54) is 23.0 Å². The lowest BCUT2D eigenvalue weighted by atomic mass is 10.2. The smallest absolute Gasteiger partial charge is 0.252 e. The van der Waals surface area contributed by atoms with E-state index in [1.807, 2.05) is 23.5 Å². The van der Waals surface area contributed by atoms with Gasteiger partial charge in [-0.3, -0.25) is 9.69 Å². The first-order chi connectivity index (χ1) is 8.68. The molecule has 0 aliphatic carbocycles. The number of likely N-dealkylation sites (N-methyl/N-ethyl adjacent to an activating group) is 1. The van der Waals surface area contributed by atoms with Gasteiger partial charge in [0, 0.05) is 56.2 Å². The maximum Gasteiger partial charge on any atom is 0.252 e. The molecule has 2 aliphatic rings. The maximum absolute atomic E-state index is 12.0. The van der Waals surface area contributed by atoms with Crippen molar-refractivity contribution in [2.75, 3.05) is 56.8 Å². The van der Waals surface area contributed by atoms with Gasteiger partial charge in [0.2, 0.25) is 0 Å². The SMILES string of the molecule is CN(C)C(=O)C1CN(C2CSCCSC2)CCO1. The van der Waals surface area contributed by atoms with Crippen LogP contribution in [0.5, 0.6) is 0 Å². The Morgan fingerprint density at radius 3 is 2.56 bits per heavy atom. The van der Waals surface area contributed by atoms with Crippen molar-refractivity contribution >= 4 is 29.4 Å². The van der Waals surface area contributed by atoms with Gasteiger partial charge in [-0.1, -0.05) is 0 Å². The van der Waals surface area contributed by atoms with Crippen LogP contribution >= 0.6 is 23.5 Å². The number of ether oxygens (including phenoxy) is 1. The number of hydrogen-bond acceptors (Lipinski definition) is 5. The van der Waals surface area contributed by atoms with Crippen LogP contribution in [0.4, 0.5) is 0 Å². The minimum absolute atomic E-state index is 0.0913. The Morgan fingerprint density at radius 1 is 1.28 bits per heavy atom. The van der Waals surface area contributed by atoms with Crippen LogP contribution in [0.15, 0.2) is 0 Å². The minimum Gasteiger partial charge on any atom is -0.366 e. The van der Waals surface area contributed by atoms with Gasteiger partial charge >= 0.3 is 0 Å². The Hall–Kier alpha value is 0.0900. The van der Waals surface area contributed by atoms with Gasteiger partial charge in [0.25, 0.3) is 5.91 Å². The molecule has 0 aromatic carbocycles. The van der Waals surface area contributed by atoms with Crippen LogP contribution in [0, 0.1) is 0 Å². The molecule has 0 spiro atoms. The predicted molar refractivity (Wildman–Crippen MR) is 78.4 cm³/mol. The summed E-state index contributed by atoms with van der Waals surface area (Å²) in [6, 6.07) is 0.601. The lowest BCUT2D eigenvalue weighted by molar-refractivity contribution is -0.147. The molecule has 104 valence electrons. The number of thioether (sulfide) groups is 2. The Bertz CT molecular complexity index is 281. The van der Waals surface area contributed by atoms with Gasteiger partial charge < -0.3 is 9.64 Å². The number of morpholine rings is 1. The van der Waals surface area contributed by atoms with Crippen LogP contribution in [0.2, 0.25) is 0 Å². The fraction of sp³-hybridized carbons (Fsp3) is 0.917. The van der Waals surface area contributed by atoms with E-state index in [-0.39, 0.29) is 12.0 Å². The highest BCUT2D eigenvalue weighted by Gasteiger charge is 2.31. The summed E-state index contributed by atoms with van der Waals surface area (Å²) in [5.41, 5.74) is 0. The highest BCUT2D eigenvalue weighted by atomic mass is 32.2. The molecule has 2 fully saturated rings. The molecule has 2 heterocycles. The van der Waals surface area contributed by atoms with Gasteiger partial charge in [0.05, 0.1) is 6.61 Å². The summed E-state index contributed by atoms with van der Waals surface area (Å²) < 4.78 is 5.61. The van der Waals surface area contributed by atoms with Gasteiger partial charge in [-0.2, -0.15) is 23.5 Å². The molecule has 0 aromatic rings. The van der Waals surface area contributed by atoms with Gasteiger partial charge in [-0.05, 0) is 0 Å². The van der Waals surface area contributed by atoms with E-state index in [0.717, 1.165) is 13.1 Å². The molecule has 2 aliphatic heterocycles. The van der Waals surface area contributed by atoms with Crippen LogP contribution in [0.1, 0.15) is 0 Å². The Kier molecular flexibility index (Phi) is 5.66. The Labute approximate surface area is 118 Å². The average molecular weight is 290 g/mol. The zero-order valence-corrected chi connectivity index (χ0v) is 12.8. The molecule has 2 saturated heterocycles. The molecule has 2 rings (SSSR count). The zero-order valence-electron chi connectivity index (χ0n) is 11.1. The highest BCUT2D eigenvalue weighted by Crippen LogP contribution is 2.22. The van der Waals surface area contributed by atoms with E-state index in [2.05, 4.69) is 4.90 Å². The van der Waals surface area contributed by atoms with Crippen LogP contribution in [-0.2, 0) is 9.53 Å². The van der Waals surface area contributed by atoms with E-state index >= 15 is 0 Å². The summed E-state index contributed by atoms with van der Waals surface area (Å²) in [7, 11) is 3.59. The first kappa shape index (κ1) is 14.5. The number of nitrogens with zero attached hydrogens (tertiary/aromatic N) is 2. The van der Waals surface area contributed by atoms with Crippen molar-refractivity contribution in [3.8, 4) is 0 Å². The van der Waals surface area contributed by atoms with Crippen LogP contribution < -0.4 is 0 Å². The summed E-state index contributed by atoms with van der Waals surface area (Å²) in [6.45, 7) is 2.39. The predicted octanol–water partition coefficient (Wildman–Crippen LogP) is 0.624. The monoisotopic (exact) mass is 290 g/mol. The molecule has 0 N–H and O–H groups in total. The van der Waals surface area contributed by atoms with Crippen LogP contribution in [-0.4, -0.2) is 84.7 Å². The van der Waals surface area contributed by atoms with Crippen molar-refractivity contribution in [2.24, 2.45) is 0 Å². The number of rotatable bonds is 2. The summed E-state index contributed by atoms with van der Waals surface area (Å²) >= 11 is 4.07. The topological polar surface area (TPSA) is 32.8 Å². The first-order valence-corrected chi connectivity index (χ1v) is 8.71. The van der Waals surface area contributed by atoms with E-state index in [9.17, 15) is 4.79 Å². The summed E-state index contributed by atoms with van der Waals surface area (Å²) in [5.74, 6) is 4.98. The third-order valence-corrected chi connectivity index (χ3v) is 5.81. The van der Waals surface area contributed by atoms with Crippen molar-refractivity contribution in [3.63, 3.8) is 0 Å². The standard InChI is InChI=1S/C12H22N2O2S2/c1-13(2)12(15)11-7-14(3-4-16-11)10-8-17-5-6-18-9-10/h10-11H,3-9H2,1-2H3. The van der Waals surface area contributed by atoms with Crippen LogP contribution in [0.3, 0.4) is 0 Å². The fourth-order valence-electron chi connectivity index (χ4n) is 2.25. The number of carbonyl (C=O) groups excluding carboxylic acids is 1. The minimum atomic E-state index is -0.271. The number of amides is 1. The lowest BCUT2D eigenvalue weighted by Gasteiger charge is -2.37. The van der Waals surface area contributed by atoms with Crippen molar-refractivity contribution in [3.05, 3.63) is 0 Å². The van der Waals surface area contributed by atoms with Gasteiger partial charge in [0.1, 0.15) is 6.10 Å². The van der Waals surface area contributed by atoms with Crippen LogP contribution in [0.25, 0.3) is 0 Å². The fourth-order valence-corrected chi connectivity index (χ4v) is 4.88. The number of hydrogen-bond donors (Lipinski definition) is 0. The van der Waals surface area contributed by atoms with E-state index in [1.54, 1.807) is 19.0 Å². The van der Waals surface area contributed by atoms with Crippen molar-refractivity contribution < 1.29 is 9.53 Å². The quantitative estimate of drug-likeness (QED) is 0.745. The molecule has 18 heavy (non-hydrogen) atoms. The molecule has 1 atom stereocenters. The summed E-state index contributed by atoms with van der Waals surface area (Å²) in [5, 5.41) is 0. The second-order valence-corrected chi connectivity index (χ2v) is 7.19. The average Bonchev–Trinajstić information content (AvgIpc) is 2.66. The zero-order chi connectivity index (χ0) is 13.0. The van der Waals surface area contributed by atoms with Gasteiger partial charge in [-0.15, -0.1) is 0 Å². The largest absolute Gasteiger partial charge is 0.366 e. The molecule has 0 bridgehead atoms. The van der Waals surface area contributed by atoms with E-state index in [0.29, 0.717) is 12.6 Å². The second kappa shape index (κ2) is 7.03. The second-order valence-electron chi connectivity index (χ2n) is 4.89. The summed E-state index contributed by atoms with van der Waals surface area (Å²) in [6.07, 6.45) is -0.271. The molecule has 0 radical (unpaired) electrons. The van der Waals surface area contributed by atoms with Crippen molar-refractivity contribution in [2.45, 2.75) is 12.1 Å². The van der Waals surface area contributed by atoms with Gasteiger partial charge in [0.15, 0.2) is 0 Å². The first-order valence-electron chi connectivity index (χ1n) is 6.41. The molecule has 4 nitrogen and oxygen atoms in total. The molecule has 6 heteroatoms. The molecule has 1 amide bonds. The summed E-state index contributed by atoms with van der Waals surface area (Å²) in [4.78, 5) is 16.0. The Balaban J connectivity index is 1.91. The Morgan fingerprint density at radius 2 is 1.94 bits per heavy atom. The maximum atomic E-state index is 12.0. The van der Waals surface area contributed by atoms with Gasteiger partial charge in [-0.25, -0.2) is 0 Å². The molecule has 0 saturated carbocycles. The molecular formula is C12H22N2O2S2. The third-order valence-electron chi connectivity index (χ3n) is 3.32. The third kappa shape index (κ3) is 3.79. The lowest BCUT2D eigenvalue weighted by Crippen LogP contribution is -2.53. The highest BCUT2D eigenvalue weighted by molar-refractivity contribution is 8.03. The van der Waals surface area contributed by atoms with Crippen molar-refractivity contribution in [1.82, 2.24) is 9.80 Å². The molecule has 0 aromatic heterocycles. The van der Waals surface area contributed by atoms with E-state index in [4.69, 9.17) is 4.74 Å². The normalized spacial score (nSPS) is 27.8.